The number of nitrogen functional groups attached to an aromatic ring is 1. The summed E-state index contributed by atoms with van der Waals surface area (Å²) in [5.41, 5.74) is 8.28. The number of nitrogens with zero attached hydrogens (tertiary/aromatic N) is 5. The molecule has 2 N–H and O–H groups in total. The topological polar surface area (TPSA) is 118 Å². The molecule has 3 rings (SSSR count). The zero-order valence-corrected chi connectivity index (χ0v) is 15.1. The van der Waals surface area contributed by atoms with Crippen LogP contribution in [0.3, 0.4) is 0 Å². The van der Waals surface area contributed by atoms with E-state index in [1.165, 1.54) is 0 Å². The molecule has 0 aromatic carbocycles. The Morgan fingerprint density at radius 1 is 1.28 bits per heavy atom. The molecule has 0 saturated heterocycles. The van der Waals surface area contributed by atoms with Gasteiger partial charge in [-0.05, 0) is 0 Å². The van der Waals surface area contributed by atoms with Crippen molar-refractivity contribution in [3.8, 4) is 6.01 Å². The van der Waals surface area contributed by atoms with Gasteiger partial charge in [-0.1, -0.05) is 0 Å². The summed E-state index contributed by atoms with van der Waals surface area (Å²) in [5, 5.41) is 0. The second-order valence-electron chi connectivity index (χ2n) is 5.09. The molecule has 0 unspecified atom stereocenters. The first-order valence-electron chi connectivity index (χ1n) is 7.35. The fourth-order valence-corrected chi connectivity index (χ4v) is 2.69. The van der Waals surface area contributed by atoms with Crippen molar-refractivity contribution in [1.29, 1.82) is 0 Å². The van der Waals surface area contributed by atoms with Crippen LogP contribution in [-0.2, 0) is 11.3 Å². The van der Waals surface area contributed by atoms with Gasteiger partial charge in [0.05, 0.1) is 0 Å². The van der Waals surface area contributed by atoms with Crippen LogP contribution >= 0.6 is 0 Å². The molecule has 25 heavy (non-hydrogen) atoms. The van der Waals surface area contributed by atoms with Crippen LogP contribution in [0.2, 0.25) is 0 Å². The number of fused-ring (bicyclic) bond motifs is 1. The number of imidazole rings is 1. The van der Waals surface area contributed by atoms with E-state index >= 15 is 0 Å². The third-order valence-corrected chi connectivity index (χ3v) is 4.05. The first kappa shape index (κ1) is 17.3. The normalized spacial score (nSPS) is 10.9. The number of aldehydes is 1. The average Bonchev–Trinajstić information content (AvgIpc) is 2.93. The van der Waals surface area contributed by atoms with E-state index in [2.05, 4.69) is 35.9 Å². The molecular formula is C15H15N6O3Se. The number of carbonyl (C=O) groups excluding carboxylic acids is 1. The van der Waals surface area contributed by atoms with Gasteiger partial charge in [-0.3, -0.25) is 0 Å². The molecule has 0 saturated carbocycles. The van der Waals surface area contributed by atoms with E-state index in [1.54, 1.807) is 19.4 Å². The fraction of sp³-hybridized carbons (Fsp3) is 0.267. The summed E-state index contributed by atoms with van der Waals surface area (Å²) in [4.78, 5) is 27.7. The summed E-state index contributed by atoms with van der Waals surface area (Å²) in [5.74, 6) is 0.238. The maximum absolute atomic E-state index is 10.7. The second-order valence-corrected chi connectivity index (χ2v) is 5.86. The van der Waals surface area contributed by atoms with Crippen molar-refractivity contribution >= 4 is 44.0 Å². The number of anilines is 1. The number of carbonyl (C=O) groups is 1. The molecule has 9 nitrogen and oxygen atoms in total. The standard InChI is InChI=1S/C15H15N6O3Se/c1-23-4-5-24-14-19-12(16)11-13(20-14)21(15(25)18-11)7-9-2-3-10(8-22)17-6-9/h2-3,6,8H,4-5,7H2,1H3,(H2,16,19,20). The molecule has 3 heterocycles. The Hall–Kier alpha value is -2.55. The molecule has 0 aliphatic carbocycles. The SMILES string of the molecule is COCCOc1nc(N)c2nc([Se])n(Cc3ccc(C=O)nc3)c2n1. The van der Waals surface area contributed by atoms with E-state index in [0.717, 1.165) is 5.56 Å². The summed E-state index contributed by atoms with van der Waals surface area (Å²) in [6.45, 7) is 1.19. The predicted molar refractivity (Wildman–Crippen MR) is 91.2 cm³/mol. The zero-order chi connectivity index (χ0) is 17.8. The summed E-state index contributed by atoms with van der Waals surface area (Å²) in [6, 6.07) is 3.64. The number of ether oxygens (including phenoxy) is 2. The van der Waals surface area contributed by atoms with Gasteiger partial charge in [-0.25, -0.2) is 0 Å². The van der Waals surface area contributed by atoms with Gasteiger partial charge in [-0.15, -0.1) is 0 Å². The van der Waals surface area contributed by atoms with Gasteiger partial charge in [0.1, 0.15) is 0 Å². The van der Waals surface area contributed by atoms with E-state index in [9.17, 15) is 4.79 Å². The van der Waals surface area contributed by atoms with E-state index in [1.807, 2.05) is 10.6 Å². The minimum absolute atomic E-state index is 0.164. The van der Waals surface area contributed by atoms with Crippen molar-refractivity contribution in [2.45, 2.75) is 6.54 Å². The van der Waals surface area contributed by atoms with Crippen LogP contribution in [0.5, 0.6) is 6.01 Å². The van der Waals surface area contributed by atoms with Crippen LogP contribution in [0, 0.1) is 0 Å². The van der Waals surface area contributed by atoms with E-state index < -0.39 is 0 Å². The Balaban J connectivity index is 1.95. The van der Waals surface area contributed by atoms with Gasteiger partial charge < -0.3 is 0 Å². The van der Waals surface area contributed by atoms with Crippen molar-refractivity contribution in [2.75, 3.05) is 26.1 Å². The number of rotatable bonds is 7. The van der Waals surface area contributed by atoms with Gasteiger partial charge in [0, 0.05) is 0 Å². The minimum atomic E-state index is 0.164. The van der Waals surface area contributed by atoms with E-state index in [-0.39, 0.29) is 11.8 Å². The summed E-state index contributed by atoms with van der Waals surface area (Å²) in [7, 11) is 1.58. The average molecular weight is 406 g/mol. The van der Waals surface area contributed by atoms with E-state index in [0.29, 0.717) is 47.6 Å². The maximum atomic E-state index is 10.7. The molecule has 1 radical (unpaired) electrons. The molecule has 10 heteroatoms. The van der Waals surface area contributed by atoms with Gasteiger partial charge in [0.2, 0.25) is 0 Å². The van der Waals surface area contributed by atoms with Crippen LogP contribution < -0.4 is 15.2 Å². The van der Waals surface area contributed by atoms with Crippen LogP contribution in [0.25, 0.3) is 11.2 Å². The molecule has 0 bridgehead atoms. The first-order chi connectivity index (χ1) is 12.1. The summed E-state index contributed by atoms with van der Waals surface area (Å²) in [6.07, 6.45) is 2.34. The zero-order valence-electron chi connectivity index (χ0n) is 13.4. The number of hydrogen-bond donors (Lipinski definition) is 1. The quantitative estimate of drug-likeness (QED) is 0.317. The third-order valence-electron chi connectivity index (χ3n) is 3.39. The number of nitrogens with two attached hydrogens (primary N) is 1. The van der Waals surface area contributed by atoms with Crippen molar-refractivity contribution in [2.24, 2.45) is 0 Å². The molecule has 0 atom stereocenters. The van der Waals surface area contributed by atoms with Gasteiger partial charge in [0.15, 0.2) is 0 Å². The van der Waals surface area contributed by atoms with Crippen LogP contribution in [-0.4, -0.2) is 67.1 Å². The second kappa shape index (κ2) is 7.56. The molecule has 0 aliphatic rings. The molecule has 0 amide bonds. The molecule has 0 spiro atoms. The molecule has 3 aromatic rings. The van der Waals surface area contributed by atoms with Crippen LogP contribution in [0.15, 0.2) is 18.3 Å². The Morgan fingerprint density at radius 3 is 2.80 bits per heavy atom. The molecule has 3 aromatic heterocycles. The Morgan fingerprint density at radius 2 is 2.12 bits per heavy atom. The number of pyridine rings is 1. The number of methoxy groups -OCH3 is 1. The molecule has 0 aliphatic heterocycles. The van der Waals surface area contributed by atoms with Crippen LogP contribution in [0.4, 0.5) is 5.82 Å². The summed E-state index contributed by atoms with van der Waals surface area (Å²) >= 11 is 2.89. The van der Waals surface area contributed by atoms with Crippen molar-refractivity contribution in [1.82, 2.24) is 24.5 Å². The Bertz CT molecular complexity index is 896. The van der Waals surface area contributed by atoms with Crippen molar-refractivity contribution in [3.05, 3.63) is 29.6 Å². The first-order valence-corrected chi connectivity index (χ1v) is 8.20. The fourth-order valence-electron chi connectivity index (χ4n) is 2.19. The Labute approximate surface area is 151 Å². The summed E-state index contributed by atoms with van der Waals surface area (Å²) < 4.78 is 12.8. The molecule has 0 fully saturated rings. The number of hydrogen-bond acceptors (Lipinski definition) is 8. The Kier molecular flexibility index (Phi) is 5.22. The van der Waals surface area contributed by atoms with Gasteiger partial charge in [0.25, 0.3) is 0 Å². The van der Waals surface area contributed by atoms with Crippen molar-refractivity contribution in [3.63, 3.8) is 0 Å². The van der Waals surface area contributed by atoms with E-state index in [4.69, 9.17) is 15.2 Å². The molecular weight excluding hydrogens is 391 g/mol. The van der Waals surface area contributed by atoms with Gasteiger partial charge in [-0.2, -0.15) is 0 Å². The number of aromatic nitrogens is 5. The van der Waals surface area contributed by atoms with Crippen molar-refractivity contribution < 1.29 is 14.3 Å². The van der Waals surface area contributed by atoms with Crippen LogP contribution in [0.1, 0.15) is 16.1 Å². The predicted octanol–water partition coefficient (Wildman–Crippen LogP) is -0.517. The monoisotopic (exact) mass is 407 g/mol. The van der Waals surface area contributed by atoms with Gasteiger partial charge >= 0.3 is 151 Å². The third kappa shape index (κ3) is 3.76. The molecule has 129 valence electrons.